The highest BCUT2D eigenvalue weighted by molar-refractivity contribution is 5.71. The fourth-order valence-electron chi connectivity index (χ4n) is 1.84. The molecule has 0 amide bonds. The first kappa shape index (κ1) is 15.5. The Morgan fingerprint density at radius 3 is 2.53 bits per heavy atom. The highest BCUT2D eigenvalue weighted by atomic mass is 16.6. The summed E-state index contributed by atoms with van der Waals surface area (Å²) in [5, 5.41) is 3.37. The highest BCUT2D eigenvalue weighted by Gasteiger charge is 2.04. The molecule has 1 unspecified atom stereocenters. The van der Waals surface area contributed by atoms with Gasteiger partial charge in [-0.2, -0.15) is 0 Å². The van der Waals surface area contributed by atoms with E-state index >= 15 is 0 Å². The number of benzene rings is 1. The molecular weight excluding hydrogens is 242 g/mol. The molecule has 0 bridgehead atoms. The molecule has 0 heterocycles. The number of hydrogen-bond donors (Lipinski definition) is 1. The van der Waals surface area contributed by atoms with Crippen molar-refractivity contribution in [3.8, 4) is 5.75 Å². The van der Waals surface area contributed by atoms with Gasteiger partial charge in [-0.3, -0.25) is 0 Å². The molecule has 1 atom stereocenters. The maximum Gasteiger partial charge on any atom is 0.344 e. The lowest BCUT2D eigenvalue weighted by Gasteiger charge is -2.12. The lowest BCUT2D eigenvalue weighted by atomic mass is 10.1. The Morgan fingerprint density at radius 1 is 1.26 bits per heavy atom. The molecule has 0 fully saturated rings. The summed E-state index contributed by atoms with van der Waals surface area (Å²) in [7, 11) is 0. The minimum atomic E-state index is -0.340. The standard InChI is InChI=1S/C15H23NO3/c1-4-16-12(3)10-13-6-8-14(9-7-13)19-11-15(17)18-5-2/h6-9,12,16H,4-5,10-11H2,1-3H3. The van der Waals surface area contributed by atoms with Crippen molar-refractivity contribution in [1.82, 2.24) is 5.32 Å². The third-order valence-electron chi connectivity index (χ3n) is 2.68. The first-order valence-corrected chi connectivity index (χ1v) is 6.76. The molecule has 19 heavy (non-hydrogen) atoms. The average molecular weight is 265 g/mol. The Kier molecular flexibility index (Phi) is 6.97. The lowest BCUT2D eigenvalue weighted by Crippen LogP contribution is -2.27. The van der Waals surface area contributed by atoms with Crippen LogP contribution >= 0.6 is 0 Å². The summed E-state index contributed by atoms with van der Waals surface area (Å²) in [6.45, 7) is 7.35. The zero-order valence-electron chi connectivity index (χ0n) is 11.9. The maximum atomic E-state index is 11.1. The van der Waals surface area contributed by atoms with Crippen LogP contribution in [0.25, 0.3) is 0 Å². The van der Waals surface area contributed by atoms with Gasteiger partial charge in [0.05, 0.1) is 6.61 Å². The largest absolute Gasteiger partial charge is 0.482 e. The van der Waals surface area contributed by atoms with E-state index in [4.69, 9.17) is 9.47 Å². The maximum absolute atomic E-state index is 11.1. The number of likely N-dealkylation sites (N-methyl/N-ethyl adjacent to an activating group) is 1. The predicted octanol–water partition coefficient (Wildman–Crippen LogP) is 2.17. The van der Waals surface area contributed by atoms with Crippen LogP contribution in [0.3, 0.4) is 0 Å². The number of carbonyl (C=O) groups excluding carboxylic acids is 1. The Bertz CT molecular complexity index is 375. The van der Waals surface area contributed by atoms with Crippen molar-refractivity contribution in [2.24, 2.45) is 0 Å². The zero-order valence-corrected chi connectivity index (χ0v) is 11.9. The molecule has 0 radical (unpaired) electrons. The fourth-order valence-corrected chi connectivity index (χ4v) is 1.84. The van der Waals surface area contributed by atoms with Crippen molar-refractivity contribution in [2.75, 3.05) is 19.8 Å². The van der Waals surface area contributed by atoms with E-state index in [1.807, 2.05) is 24.3 Å². The minimum absolute atomic E-state index is 0.0407. The molecule has 1 rings (SSSR count). The third kappa shape index (κ3) is 6.25. The normalized spacial score (nSPS) is 11.9. The van der Waals surface area contributed by atoms with E-state index < -0.39 is 0 Å². The summed E-state index contributed by atoms with van der Waals surface area (Å²) in [5.41, 5.74) is 1.25. The van der Waals surface area contributed by atoms with Gasteiger partial charge in [0.2, 0.25) is 0 Å². The van der Waals surface area contributed by atoms with E-state index in [1.54, 1.807) is 6.92 Å². The number of hydrogen-bond acceptors (Lipinski definition) is 4. The van der Waals surface area contributed by atoms with Crippen LogP contribution in [0, 0.1) is 0 Å². The van der Waals surface area contributed by atoms with Crippen LogP contribution in [0.5, 0.6) is 5.75 Å². The SMILES string of the molecule is CCNC(C)Cc1ccc(OCC(=O)OCC)cc1. The molecular formula is C15H23NO3. The van der Waals surface area contributed by atoms with Crippen LogP contribution in [0.4, 0.5) is 0 Å². The summed E-state index contributed by atoms with van der Waals surface area (Å²) in [6.07, 6.45) is 0.978. The second-order valence-electron chi connectivity index (χ2n) is 4.40. The Hall–Kier alpha value is -1.55. The van der Waals surface area contributed by atoms with E-state index in [2.05, 4.69) is 19.2 Å². The van der Waals surface area contributed by atoms with Gasteiger partial charge in [-0.05, 0) is 44.5 Å². The molecule has 106 valence electrons. The quantitative estimate of drug-likeness (QED) is 0.732. The van der Waals surface area contributed by atoms with Crippen molar-refractivity contribution in [2.45, 2.75) is 33.2 Å². The fraction of sp³-hybridized carbons (Fsp3) is 0.533. The molecule has 0 saturated heterocycles. The molecule has 0 aliphatic carbocycles. The predicted molar refractivity (Wildman–Crippen MR) is 75.4 cm³/mol. The van der Waals surface area contributed by atoms with Gasteiger partial charge in [-0.15, -0.1) is 0 Å². The molecule has 0 saturated carbocycles. The Labute approximate surface area is 115 Å². The van der Waals surface area contributed by atoms with Crippen molar-refractivity contribution in [1.29, 1.82) is 0 Å². The third-order valence-corrected chi connectivity index (χ3v) is 2.68. The van der Waals surface area contributed by atoms with Crippen LogP contribution in [-0.4, -0.2) is 31.8 Å². The summed E-state index contributed by atoms with van der Waals surface area (Å²) in [5.74, 6) is 0.347. The first-order chi connectivity index (χ1) is 9.15. The van der Waals surface area contributed by atoms with Gasteiger partial charge >= 0.3 is 5.97 Å². The summed E-state index contributed by atoms with van der Waals surface area (Å²) in [4.78, 5) is 11.1. The van der Waals surface area contributed by atoms with Crippen LogP contribution in [0.15, 0.2) is 24.3 Å². The molecule has 1 aromatic rings. The molecule has 0 aliphatic rings. The van der Waals surface area contributed by atoms with Gasteiger partial charge in [0.15, 0.2) is 6.61 Å². The molecule has 1 aromatic carbocycles. The molecule has 4 nitrogen and oxygen atoms in total. The Balaban J connectivity index is 2.41. The highest BCUT2D eigenvalue weighted by Crippen LogP contribution is 2.13. The van der Waals surface area contributed by atoms with Gasteiger partial charge in [-0.1, -0.05) is 19.1 Å². The van der Waals surface area contributed by atoms with Gasteiger partial charge in [0.25, 0.3) is 0 Å². The minimum Gasteiger partial charge on any atom is -0.482 e. The second-order valence-corrected chi connectivity index (χ2v) is 4.40. The summed E-state index contributed by atoms with van der Waals surface area (Å²) >= 11 is 0. The lowest BCUT2D eigenvalue weighted by molar-refractivity contribution is -0.145. The van der Waals surface area contributed by atoms with Crippen molar-refractivity contribution >= 4 is 5.97 Å². The van der Waals surface area contributed by atoms with Gasteiger partial charge in [-0.25, -0.2) is 4.79 Å². The second kappa shape index (κ2) is 8.53. The van der Waals surface area contributed by atoms with Crippen LogP contribution in [0.2, 0.25) is 0 Å². The molecule has 0 spiro atoms. The number of nitrogens with one attached hydrogen (secondary N) is 1. The van der Waals surface area contributed by atoms with E-state index in [0.29, 0.717) is 18.4 Å². The zero-order chi connectivity index (χ0) is 14.1. The van der Waals surface area contributed by atoms with Crippen LogP contribution < -0.4 is 10.1 Å². The van der Waals surface area contributed by atoms with Gasteiger partial charge in [0.1, 0.15) is 5.75 Å². The molecule has 0 aromatic heterocycles. The van der Waals surface area contributed by atoms with Crippen molar-refractivity contribution in [3.63, 3.8) is 0 Å². The topological polar surface area (TPSA) is 47.6 Å². The van der Waals surface area contributed by atoms with Crippen molar-refractivity contribution < 1.29 is 14.3 Å². The van der Waals surface area contributed by atoms with E-state index in [1.165, 1.54) is 5.56 Å². The van der Waals surface area contributed by atoms with E-state index in [9.17, 15) is 4.79 Å². The Morgan fingerprint density at radius 2 is 1.95 bits per heavy atom. The molecule has 0 aliphatic heterocycles. The average Bonchev–Trinajstić information content (AvgIpc) is 2.38. The molecule has 1 N–H and O–H groups in total. The summed E-state index contributed by atoms with van der Waals surface area (Å²) in [6, 6.07) is 8.26. The van der Waals surface area contributed by atoms with Crippen molar-refractivity contribution in [3.05, 3.63) is 29.8 Å². The monoisotopic (exact) mass is 265 g/mol. The van der Waals surface area contributed by atoms with Gasteiger partial charge in [0, 0.05) is 6.04 Å². The number of carbonyl (C=O) groups is 1. The van der Waals surface area contributed by atoms with Crippen LogP contribution in [-0.2, 0) is 16.0 Å². The van der Waals surface area contributed by atoms with E-state index in [-0.39, 0.29) is 12.6 Å². The van der Waals surface area contributed by atoms with E-state index in [0.717, 1.165) is 13.0 Å². The smallest absolute Gasteiger partial charge is 0.344 e. The number of rotatable bonds is 8. The number of esters is 1. The first-order valence-electron chi connectivity index (χ1n) is 6.76. The number of ether oxygens (including phenoxy) is 2. The molecule has 4 heteroatoms. The summed E-state index contributed by atoms with van der Waals surface area (Å²) < 4.78 is 10.1. The van der Waals surface area contributed by atoms with Gasteiger partial charge < -0.3 is 14.8 Å². The van der Waals surface area contributed by atoms with Crippen LogP contribution in [0.1, 0.15) is 26.3 Å².